The summed E-state index contributed by atoms with van der Waals surface area (Å²) in [6, 6.07) is 18.8. The van der Waals surface area contributed by atoms with Crippen molar-refractivity contribution in [2.24, 2.45) is 4.99 Å². The van der Waals surface area contributed by atoms with Gasteiger partial charge in [-0.3, -0.25) is 0 Å². The molecular weight excluding hydrogens is 441 g/mol. The van der Waals surface area contributed by atoms with Crippen molar-refractivity contribution >= 4 is 21.5 Å². The van der Waals surface area contributed by atoms with Gasteiger partial charge in [0.05, 0.1) is 10.5 Å². The monoisotopic (exact) mass is 465 g/mol. The highest BCUT2D eigenvalue weighted by atomic mass is 32.2. The molecule has 0 unspecified atom stereocenters. The van der Waals surface area contributed by atoms with E-state index in [9.17, 15) is 12.8 Å². The molecule has 6 nitrogen and oxygen atoms in total. The summed E-state index contributed by atoms with van der Waals surface area (Å²) < 4.78 is 47.5. The molecule has 0 bridgehead atoms. The number of benzene rings is 3. The van der Waals surface area contributed by atoms with Crippen LogP contribution in [0, 0.1) is 12.7 Å². The van der Waals surface area contributed by atoms with Crippen LogP contribution in [-0.4, -0.2) is 49.6 Å². The lowest BCUT2D eigenvalue weighted by atomic mass is 10.1. The summed E-state index contributed by atoms with van der Waals surface area (Å²) in [6.07, 6.45) is 0.622. The molecule has 8 heteroatoms. The van der Waals surface area contributed by atoms with Crippen LogP contribution in [0.15, 0.2) is 76.6 Å². The molecule has 0 amide bonds. The number of fused-ring (bicyclic) bond motifs is 2. The zero-order chi connectivity index (χ0) is 23.0. The Morgan fingerprint density at radius 3 is 2.61 bits per heavy atom. The number of amidine groups is 1. The molecule has 33 heavy (non-hydrogen) atoms. The molecule has 0 saturated carbocycles. The number of aryl methyl sites for hydroxylation is 1. The van der Waals surface area contributed by atoms with Crippen molar-refractivity contribution in [2.45, 2.75) is 18.2 Å². The van der Waals surface area contributed by atoms with E-state index < -0.39 is 15.8 Å². The number of sulfonamides is 1. The maximum atomic E-state index is 13.7. The SMILES string of the molecule is Cc1ccc2c(c1)Oc1ccccc1C(N1CCCN(S(=O)(=O)c3cccc(F)c3)CC1)=N2. The second-order valence-electron chi connectivity index (χ2n) is 8.21. The molecule has 3 aromatic carbocycles. The van der Waals surface area contributed by atoms with Gasteiger partial charge >= 0.3 is 0 Å². The summed E-state index contributed by atoms with van der Waals surface area (Å²) in [5.41, 5.74) is 2.69. The van der Waals surface area contributed by atoms with Crippen molar-refractivity contribution in [2.75, 3.05) is 26.2 Å². The van der Waals surface area contributed by atoms with Gasteiger partial charge in [-0.2, -0.15) is 4.31 Å². The summed E-state index contributed by atoms with van der Waals surface area (Å²) in [6.45, 7) is 3.75. The topological polar surface area (TPSA) is 62.2 Å². The van der Waals surface area contributed by atoms with Crippen LogP contribution >= 0.6 is 0 Å². The van der Waals surface area contributed by atoms with Gasteiger partial charge in [0.2, 0.25) is 10.0 Å². The van der Waals surface area contributed by atoms with Crippen molar-refractivity contribution in [1.82, 2.24) is 9.21 Å². The van der Waals surface area contributed by atoms with Gasteiger partial charge < -0.3 is 9.64 Å². The first-order chi connectivity index (χ1) is 15.9. The number of halogens is 1. The van der Waals surface area contributed by atoms with Crippen LogP contribution in [0.25, 0.3) is 0 Å². The fraction of sp³-hybridized carbons (Fsp3) is 0.240. The zero-order valence-electron chi connectivity index (χ0n) is 18.2. The Morgan fingerprint density at radius 2 is 1.76 bits per heavy atom. The van der Waals surface area contributed by atoms with E-state index in [1.54, 1.807) is 0 Å². The summed E-state index contributed by atoms with van der Waals surface area (Å²) >= 11 is 0. The number of nitrogens with zero attached hydrogens (tertiary/aromatic N) is 3. The molecule has 2 heterocycles. The highest BCUT2D eigenvalue weighted by Gasteiger charge is 2.30. The van der Waals surface area contributed by atoms with Gasteiger partial charge in [0, 0.05) is 26.2 Å². The van der Waals surface area contributed by atoms with Crippen LogP contribution in [0.3, 0.4) is 0 Å². The third kappa shape index (κ3) is 4.24. The molecule has 0 aliphatic carbocycles. The summed E-state index contributed by atoms with van der Waals surface area (Å²) in [5.74, 6) is 1.61. The van der Waals surface area contributed by atoms with Crippen LogP contribution < -0.4 is 4.74 Å². The molecule has 170 valence electrons. The molecular formula is C25H24FN3O3S. The predicted octanol–water partition coefficient (Wildman–Crippen LogP) is 4.71. The molecule has 3 aromatic rings. The third-order valence-electron chi connectivity index (χ3n) is 5.88. The molecule has 2 aliphatic rings. The Labute approximate surface area is 193 Å². The van der Waals surface area contributed by atoms with Gasteiger partial charge in [-0.05, 0) is 61.4 Å². The number of ether oxygens (including phenoxy) is 1. The van der Waals surface area contributed by atoms with Gasteiger partial charge in [-0.1, -0.05) is 24.3 Å². The van der Waals surface area contributed by atoms with Gasteiger partial charge in [0.1, 0.15) is 23.1 Å². The average molecular weight is 466 g/mol. The Kier molecular flexibility index (Phi) is 5.64. The van der Waals surface area contributed by atoms with E-state index in [2.05, 4.69) is 4.90 Å². The molecule has 2 aliphatic heterocycles. The second-order valence-corrected chi connectivity index (χ2v) is 10.1. The number of rotatable bonds is 2. The summed E-state index contributed by atoms with van der Waals surface area (Å²) in [5, 5.41) is 0. The van der Waals surface area contributed by atoms with Crippen molar-refractivity contribution in [3.8, 4) is 11.5 Å². The second kappa shape index (κ2) is 8.61. The van der Waals surface area contributed by atoms with Gasteiger partial charge in [-0.25, -0.2) is 17.8 Å². The first kappa shape index (κ1) is 21.6. The van der Waals surface area contributed by atoms with E-state index in [1.807, 2.05) is 49.4 Å². The van der Waals surface area contributed by atoms with Crippen LogP contribution in [0.1, 0.15) is 17.5 Å². The Hall–Kier alpha value is -3.23. The smallest absolute Gasteiger partial charge is 0.243 e. The highest BCUT2D eigenvalue weighted by Crippen LogP contribution is 2.38. The van der Waals surface area contributed by atoms with Crippen molar-refractivity contribution < 1.29 is 17.5 Å². The lowest BCUT2D eigenvalue weighted by molar-refractivity contribution is 0.407. The van der Waals surface area contributed by atoms with Gasteiger partial charge in [0.15, 0.2) is 5.75 Å². The average Bonchev–Trinajstić information content (AvgIpc) is 3.14. The minimum absolute atomic E-state index is 0.0224. The van der Waals surface area contributed by atoms with Crippen LogP contribution in [0.5, 0.6) is 11.5 Å². The first-order valence-electron chi connectivity index (χ1n) is 10.9. The van der Waals surface area contributed by atoms with E-state index in [4.69, 9.17) is 9.73 Å². The number of aliphatic imine (C=N–C) groups is 1. The van der Waals surface area contributed by atoms with Crippen LogP contribution in [-0.2, 0) is 10.0 Å². The number of para-hydroxylation sites is 1. The van der Waals surface area contributed by atoms with Crippen LogP contribution in [0.4, 0.5) is 10.1 Å². The fourth-order valence-electron chi connectivity index (χ4n) is 4.19. The molecule has 1 saturated heterocycles. The quantitative estimate of drug-likeness (QED) is 0.550. The summed E-state index contributed by atoms with van der Waals surface area (Å²) in [7, 11) is -3.78. The predicted molar refractivity (Wildman–Crippen MR) is 125 cm³/mol. The standard InChI is InChI=1S/C25H24FN3O3S/c1-18-10-11-22-24(16-18)32-23-9-3-2-8-21(23)25(27-22)28-12-5-13-29(15-14-28)33(30,31)20-7-4-6-19(26)17-20/h2-4,6-11,16-17H,5,12-15H2,1H3. The summed E-state index contributed by atoms with van der Waals surface area (Å²) in [4.78, 5) is 7.03. The highest BCUT2D eigenvalue weighted by molar-refractivity contribution is 7.89. The largest absolute Gasteiger partial charge is 0.454 e. The van der Waals surface area contributed by atoms with E-state index in [-0.39, 0.29) is 11.4 Å². The Bertz CT molecular complexity index is 1340. The normalized spacial score (nSPS) is 16.7. The molecule has 0 spiro atoms. The minimum Gasteiger partial charge on any atom is -0.454 e. The molecule has 0 atom stereocenters. The van der Waals surface area contributed by atoms with Crippen molar-refractivity contribution in [3.63, 3.8) is 0 Å². The number of hydrogen-bond donors (Lipinski definition) is 0. The maximum Gasteiger partial charge on any atom is 0.243 e. The maximum absolute atomic E-state index is 13.7. The first-order valence-corrected chi connectivity index (χ1v) is 12.3. The molecule has 1 fully saturated rings. The van der Waals surface area contributed by atoms with Gasteiger partial charge in [0.25, 0.3) is 0 Å². The zero-order valence-corrected chi connectivity index (χ0v) is 19.1. The lowest BCUT2D eigenvalue weighted by Crippen LogP contribution is -2.37. The van der Waals surface area contributed by atoms with Crippen molar-refractivity contribution in [3.05, 3.63) is 83.7 Å². The lowest BCUT2D eigenvalue weighted by Gasteiger charge is -2.25. The van der Waals surface area contributed by atoms with Crippen LogP contribution in [0.2, 0.25) is 0 Å². The van der Waals surface area contributed by atoms with Gasteiger partial charge in [-0.15, -0.1) is 0 Å². The third-order valence-corrected chi connectivity index (χ3v) is 7.77. The van der Waals surface area contributed by atoms with E-state index in [1.165, 1.54) is 22.5 Å². The minimum atomic E-state index is -3.78. The molecule has 0 aromatic heterocycles. The van der Waals surface area contributed by atoms with E-state index in [0.717, 1.165) is 28.7 Å². The molecule has 0 radical (unpaired) electrons. The van der Waals surface area contributed by atoms with E-state index >= 15 is 0 Å². The Morgan fingerprint density at radius 1 is 0.909 bits per heavy atom. The number of hydrogen-bond acceptors (Lipinski definition) is 5. The van der Waals surface area contributed by atoms with Crippen molar-refractivity contribution in [1.29, 1.82) is 0 Å². The molecule has 5 rings (SSSR count). The fourth-order valence-corrected chi connectivity index (χ4v) is 5.69. The van der Waals surface area contributed by atoms with E-state index in [0.29, 0.717) is 37.6 Å². The Balaban J connectivity index is 1.47. The molecule has 0 N–H and O–H groups in total.